The average molecular weight is 285 g/mol. The fraction of sp³-hybridized carbons (Fsp3) is 0. The Balaban J connectivity index is 0.000000774. The molecule has 0 heterocycles. The molecule has 3 aromatic rings. The van der Waals surface area contributed by atoms with E-state index < -0.39 is 8.80 Å². The molecule has 0 fully saturated rings. The molecule has 0 bridgehead atoms. The summed E-state index contributed by atoms with van der Waals surface area (Å²) < 4.78 is 0. The molecule has 0 aliphatic rings. The maximum Gasteiger partial charge on any atom is 0.154 e. The highest BCUT2D eigenvalue weighted by atomic mass is 28.3. The number of hydrogen-bond acceptors (Lipinski definition) is 0. The Morgan fingerprint density at radius 1 is 0.429 bits per heavy atom. The van der Waals surface area contributed by atoms with Crippen LogP contribution in [0.5, 0.6) is 0 Å². The van der Waals surface area contributed by atoms with Crippen LogP contribution in [0.25, 0.3) is 0 Å². The van der Waals surface area contributed by atoms with Crippen LogP contribution in [0.1, 0.15) is 0 Å². The molecule has 21 heavy (non-hydrogen) atoms. The summed E-state index contributed by atoms with van der Waals surface area (Å²) in [5.74, 6) is 0. The van der Waals surface area contributed by atoms with Gasteiger partial charge in [0, 0.05) is 0 Å². The molecule has 101 valence electrons. The van der Waals surface area contributed by atoms with Crippen molar-refractivity contribution in [2.45, 2.75) is 0 Å². The van der Waals surface area contributed by atoms with E-state index in [1.807, 2.05) is 0 Å². The summed E-state index contributed by atoms with van der Waals surface area (Å²) in [6.07, 6.45) is 8.00. The van der Waals surface area contributed by atoms with E-state index in [1.54, 1.807) is 0 Å². The zero-order valence-electron chi connectivity index (χ0n) is 11.8. The predicted octanol–water partition coefficient (Wildman–Crippen LogP) is 2.45. The summed E-state index contributed by atoms with van der Waals surface area (Å²) in [4.78, 5) is 0. The first-order chi connectivity index (χ1) is 10.4. The number of hydrogen-bond donors (Lipinski definition) is 0. The largest absolute Gasteiger partial charge is 0.154 e. The van der Waals surface area contributed by atoms with E-state index in [0.29, 0.717) is 0 Å². The first-order valence-corrected chi connectivity index (χ1v) is 8.32. The molecule has 3 rings (SSSR count). The van der Waals surface area contributed by atoms with E-state index in [-0.39, 0.29) is 0 Å². The van der Waals surface area contributed by atoms with Gasteiger partial charge < -0.3 is 0 Å². The van der Waals surface area contributed by atoms with Gasteiger partial charge in [-0.25, -0.2) is 0 Å². The SMILES string of the molecule is C#C.c1ccc([Si](c2ccccc2)c2ccccc2)cc1. The Labute approximate surface area is 128 Å². The van der Waals surface area contributed by atoms with Crippen molar-refractivity contribution in [1.82, 2.24) is 0 Å². The molecule has 0 spiro atoms. The van der Waals surface area contributed by atoms with Crippen LogP contribution < -0.4 is 15.6 Å². The summed E-state index contributed by atoms with van der Waals surface area (Å²) in [7, 11) is -0.877. The second kappa shape index (κ2) is 7.89. The third-order valence-electron chi connectivity index (χ3n) is 3.19. The van der Waals surface area contributed by atoms with E-state index in [4.69, 9.17) is 0 Å². The van der Waals surface area contributed by atoms with E-state index in [1.165, 1.54) is 15.6 Å². The van der Waals surface area contributed by atoms with E-state index in [9.17, 15) is 0 Å². The maximum absolute atomic E-state index is 4.00. The second-order valence-corrected chi connectivity index (χ2v) is 6.96. The van der Waals surface area contributed by atoms with Crippen molar-refractivity contribution in [1.29, 1.82) is 0 Å². The lowest BCUT2D eigenvalue weighted by molar-refractivity contribution is 1.71. The number of benzene rings is 3. The van der Waals surface area contributed by atoms with Gasteiger partial charge in [0.25, 0.3) is 0 Å². The standard InChI is InChI=1S/C18H15Si.C2H2/c1-4-10-16(11-5-1)19(17-12-6-2-7-13-17)18-14-8-3-9-15-18;1-2/h1-15H;1-2H. The van der Waals surface area contributed by atoms with E-state index in [0.717, 1.165) is 0 Å². The van der Waals surface area contributed by atoms with Crippen molar-refractivity contribution in [3.8, 4) is 12.8 Å². The van der Waals surface area contributed by atoms with Gasteiger partial charge in [-0.05, 0) is 0 Å². The van der Waals surface area contributed by atoms with Gasteiger partial charge in [-0.3, -0.25) is 0 Å². The van der Waals surface area contributed by atoms with Gasteiger partial charge >= 0.3 is 0 Å². The molecule has 0 N–H and O–H groups in total. The fourth-order valence-corrected chi connectivity index (χ4v) is 4.89. The third-order valence-corrected chi connectivity index (χ3v) is 5.92. The second-order valence-electron chi connectivity index (χ2n) is 4.47. The molecule has 1 heteroatoms. The Morgan fingerprint density at radius 3 is 0.905 bits per heavy atom. The molecule has 0 saturated carbocycles. The molecule has 0 aromatic heterocycles. The lowest BCUT2D eigenvalue weighted by Gasteiger charge is -2.16. The lowest BCUT2D eigenvalue weighted by Crippen LogP contribution is -2.51. The van der Waals surface area contributed by atoms with Gasteiger partial charge in [0.1, 0.15) is 0 Å². The first-order valence-electron chi connectivity index (χ1n) is 6.82. The Kier molecular flexibility index (Phi) is 5.57. The summed E-state index contributed by atoms with van der Waals surface area (Å²) in [5, 5.41) is 4.31. The van der Waals surface area contributed by atoms with Gasteiger partial charge in [-0.15, -0.1) is 12.8 Å². The van der Waals surface area contributed by atoms with Gasteiger partial charge in [0.2, 0.25) is 0 Å². The average Bonchev–Trinajstić information content (AvgIpc) is 2.60. The van der Waals surface area contributed by atoms with E-state index >= 15 is 0 Å². The molecule has 0 saturated heterocycles. The van der Waals surface area contributed by atoms with Crippen molar-refractivity contribution in [3.05, 3.63) is 91.0 Å². The predicted molar refractivity (Wildman–Crippen MR) is 93.9 cm³/mol. The highest BCUT2D eigenvalue weighted by Crippen LogP contribution is 1.95. The Hall–Kier alpha value is -2.56. The van der Waals surface area contributed by atoms with Crippen molar-refractivity contribution in [2.24, 2.45) is 0 Å². The Bertz CT molecular complexity index is 563. The normalized spacial score (nSPS) is 9.67. The van der Waals surface area contributed by atoms with Crippen LogP contribution in [0.15, 0.2) is 91.0 Å². The van der Waals surface area contributed by atoms with Crippen LogP contribution in [0.4, 0.5) is 0 Å². The number of terminal acetylenes is 1. The molecular weight excluding hydrogens is 268 g/mol. The van der Waals surface area contributed by atoms with Gasteiger partial charge in [0.15, 0.2) is 8.80 Å². The van der Waals surface area contributed by atoms with E-state index in [2.05, 4.69) is 104 Å². The van der Waals surface area contributed by atoms with Gasteiger partial charge in [-0.1, -0.05) is 107 Å². The van der Waals surface area contributed by atoms with Crippen molar-refractivity contribution >= 4 is 24.4 Å². The van der Waals surface area contributed by atoms with Crippen LogP contribution in [0.3, 0.4) is 0 Å². The minimum Gasteiger partial charge on any atom is -0.124 e. The molecule has 0 amide bonds. The summed E-state index contributed by atoms with van der Waals surface area (Å²) in [6, 6.07) is 32.5. The maximum atomic E-state index is 4.00. The van der Waals surface area contributed by atoms with Crippen LogP contribution >= 0.6 is 0 Å². The number of rotatable bonds is 3. The molecule has 0 aliphatic carbocycles. The zero-order chi connectivity index (χ0) is 14.9. The van der Waals surface area contributed by atoms with Gasteiger partial charge in [0.05, 0.1) is 0 Å². The zero-order valence-corrected chi connectivity index (χ0v) is 12.8. The van der Waals surface area contributed by atoms with Crippen LogP contribution in [0.2, 0.25) is 0 Å². The van der Waals surface area contributed by atoms with Gasteiger partial charge in [-0.2, -0.15) is 0 Å². The summed E-state index contributed by atoms with van der Waals surface area (Å²) >= 11 is 0. The van der Waals surface area contributed by atoms with Crippen LogP contribution in [-0.2, 0) is 0 Å². The minimum atomic E-state index is -0.877. The fourth-order valence-electron chi connectivity index (χ4n) is 2.31. The van der Waals surface area contributed by atoms with Crippen molar-refractivity contribution in [2.75, 3.05) is 0 Å². The van der Waals surface area contributed by atoms with Crippen molar-refractivity contribution in [3.63, 3.8) is 0 Å². The molecular formula is C20H17Si. The molecule has 0 unspecified atom stereocenters. The smallest absolute Gasteiger partial charge is 0.124 e. The molecule has 0 atom stereocenters. The highest BCUT2D eigenvalue weighted by Gasteiger charge is 2.18. The molecule has 3 aromatic carbocycles. The van der Waals surface area contributed by atoms with Crippen LogP contribution in [0, 0.1) is 12.8 Å². The lowest BCUT2D eigenvalue weighted by atomic mass is 10.3. The minimum absolute atomic E-state index is 0.877. The summed E-state index contributed by atoms with van der Waals surface area (Å²) in [5.41, 5.74) is 0. The topological polar surface area (TPSA) is 0 Å². The molecule has 0 aliphatic heterocycles. The van der Waals surface area contributed by atoms with Crippen molar-refractivity contribution < 1.29 is 0 Å². The summed E-state index contributed by atoms with van der Waals surface area (Å²) in [6.45, 7) is 0. The third kappa shape index (κ3) is 3.72. The highest BCUT2D eigenvalue weighted by molar-refractivity contribution is 6.95. The van der Waals surface area contributed by atoms with Crippen LogP contribution in [-0.4, -0.2) is 8.80 Å². The first kappa shape index (κ1) is 14.8. The quantitative estimate of drug-likeness (QED) is 0.394. The monoisotopic (exact) mass is 285 g/mol. The Morgan fingerprint density at radius 2 is 0.667 bits per heavy atom. The molecule has 0 nitrogen and oxygen atoms in total. The molecule has 1 radical (unpaired) electrons.